The summed E-state index contributed by atoms with van der Waals surface area (Å²) in [5.74, 6) is 0.377. The fraction of sp³-hybridized carbons (Fsp3) is 0.385. The molecule has 1 amide bonds. The Morgan fingerprint density at radius 3 is 2.32 bits per heavy atom. The van der Waals surface area contributed by atoms with E-state index in [9.17, 15) is 9.59 Å². The normalized spacial score (nSPS) is 10.9. The highest BCUT2D eigenvalue weighted by Crippen LogP contribution is 2.17. The minimum Gasteiger partial charge on any atom is -0.494 e. The fourth-order valence-corrected chi connectivity index (χ4v) is 3.47. The smallest absolute Gasteiger partial charge is 0.360 e. The lowest BCUT2D eigenvalue weighted by molar-refractivity contribution is 0.102. The number of para-hydroxylation sites is 1. The van der Waals surface area contributed by atoms with E-state index in [4.69, 9.17) is 9.15 Å². The van der Waals surface area contributed by atoms with Crippen LogP contribution in [0, 0.1) is 0 Å². The van der Waals surface area contributed by atoms with Gasteiger partial charge in [0.2, 0.25) is 0 Å². The van der Waals surface area contributed by atoms with Crippen LogP contribution in [-0.4, -0.2) is 12.5 Å². The summed E-state index contributed by atoms with van der Waals surface area (Å²) in [6, 6.07) is 15.8. The monoisotopic (exact) mass is 421 g/mol. The molecule has 0 bridgehead atoms. The summed E-state index contributed by atoms with van der Waals surface area (Å²) in [5, 5.41) is 3.39. The second kappa shape index (κ2) is 11.9. The third-order valence-electron chi connectivity index (χ3n) is 5.27. The molecule has 0 atom stereocenters. The molecule has 0 saturated heterocycles. The van der Waals surface area contributed by atoms with Gasteiger partial charge in [0, 0.05) is 10.9 Å². The second-order valence-electron chi connectivity index (χ2n) is 7.79. The number of fused-ring (bicyclic) bond motifs is 1. The van der Waals surface area contributed by atoms with Crippen molar-refractivity contribution in [2.45, 2.75) is 58.3 Å². The molecular formula is C26H31NO4. The van der Waals surface area contributed by atoms with Gasteiger partial charge in [-0.15, -0.1) is 0 Å². The van der Waals surface area contributed by atoms with E-state index in [0.29, 0.717) is 17.8 Å². The molecule has 31 heavy (non-hydrogen) atoms. The number of nitrogens with one attached hydrogen (secondary N) is 1. The number of carbonyl (C=O) groups excluding carboxylic acids is 1. The number of rotatable bonds is 12. The highest BCUT2D eigenvalue weighted by Gasteiger charge is 2.11. The minimum atomic E-state index is -0.572. The van der Waals surface area contributed by atoms with E-state index >= 15 is 0 Å². The number of amides is 1. The van der Waals surface area contributed by atoms with E-state index < -0.39 is 5.63 Å². The van der Waals surface area contributed by atoms with Crippen LogP contribution in [0.4, 0.5) is 5.69 Å². The van der Waals surface area contributed by atoms with Crippen molar-refractivity contribution in [2.24, 2.45) is 0 Å². The minimum absolute atomic E-state index is 0.124. The number of anilines is 1. The van der Waals surface area contributed by atoms with Gasteiger partial charge >= 0.3 is 5.63 Å². The SMILES string of the molecule is CCCCCCCCCCOc1ccc(C(=O)Nc2cc3ccccc3oc2=O)cc1. The lowest BCUT2D eigenvalue weighted by Gasteiger charge is -2.08. The third-order valence-corrected chi connectivity index (χ3v) is 5.27. The van der Waals surface area contributed by atoms with E-state index in [0.717, 1.165) is 17.6 Å². The van der Waals surface area contributed by atoms with Crippen LogP contribution < -0.4 is 15.7 Å². The van der Waals surface area contributed by atoms with Crippen molar-refractivity contribution in [3.8, 4) is 5.75 Å². The van der Waals surface area contributed by atoms with Crippen molar-refractivity contribution in [3.05, 3.63) is 70.6 Å². The van der Waals surface area contributed by atoms with Crippen molar-refractivity contribution in [3.63, 3.8) is 0 Å². The summed E-state index contributed by atoms with van der Waals surface area (Å²) in [6.45, 7) is 2.92. The van der Waals surface area contributed by atoms with E-state index in [2.05, 4.69) is 12.2 Å². The Hall–Kier alpha value is -3.08. The quantitative estimate of drug-likeness (QED) is 0.265. The summed E-state index contributed by atoms with van der Waals surface area (Å²) < 4.78 is 11.0. The van der Waals surface area contributed by atoms with Gasteiger partial charge in [0.1, 0.15) is 17.0 Å². The molecule has 0 spiro atoms. The van der Waals surface area contributed by atoms with Gasteiger partial charge in [-0.2, -0.15) is 0 Å². The number of unbranched alkanes of at least 4 members (excludes halogenated alkanes) is 7. The number of benzene rings is 2. The lowest BCUT2D eigenvalue weighted by atomic mass is 10.1. The Bertz CT molecular complexity index is 1020. The van der Waals surface area contributed by atoms with Crippen LogP contribution in [0.25, 0.3) is 11.0 Å². The first-order valence-electron chi connectivity index (χ1n) is 11.2. The van der Waals surface area contributed by atoms with Crippen LogP contribution in [0.15, 0.2) is 63.8 Å². The zero-order chi connectivity index (χ0) is 21.9. The van der Waals surface area contributed by atoms with E-state index in [1.54, 1.807) is 42.5 Å². The number of hydrogen-bond donors (Lipinski definition) is 1. The predicted octanol–water partition coefficient (Wildman–Crippen LogP) is 6.56. The Kier molecular flexibility index (Phi) is 8.71. The molecule has 3 aromatic rings. The highest BCUT2D eigenvalue weighted by atomic mass is 16.5. The Morgan fingerprint density at radius 2 is 1.58 bits per heavy atom. The van der Waals surface area contributed by atoms with Crippen LogP contribution in [0.1, 0.15) is 68.6 Å². The Balaban J connectivity index is 1.44. The molecular weight excluding hydrogens is 390 g/mol. The fourth-order valence-electron chi connectivity index (χ4n) is 3.47. The number of ether oxygens (including phenoxy) is 1. The summed E-state index contributed by atoms with van der Waals surface area (Å²) in [4.78, 5) is 24.6. The molecule has 1 aromatic heterocycles. The largest absolute Gasteiger partial charge is 0.494 e. The van der Waals surface area contributed by atoms with Crippen molar-refractivity contribution < 1.29 is 13.9 Å². The molecule has 164 valence electrons. The molecule has 2 aromatic carbocycles. The molecule has 0 fully saturated rings. The molecule has 3 rings (SSSR count). The average molecular weight is 422 g/mol. The predicted molar refractivity (Wildman–Crippen MR) is 125 cm³/mol. The summed E-state index contributed by atoms with van der Waals surface area (Å²) >= 11 is 0. The zero-order valence-electron chi connectivity index (χ0n) is 18.2. The van der Waals surface area contributed by atoms with E-state index in [1.807, 2.05) is 12.1 Å². The molecule has 0 aliphatic rings. The van der Waals surface area contributed by atoms with E-state index in [-0.39, 0.29) is 11.6 Å². The van der Waals surface area contributed by atoms with Crippen LogP contribution >= 0.6 is 0 Å². The average Bonchev–Trinajstić information content (AvgIpc) is 2.79. The van der Waals surface area contributed by atoms with Crippen LogP contribution in [0.2, 0.25) is 0 Å². The van der Waals surface area contributed by atoms with Crippen molar-refractivity contribution in [1.29, 1.82) is 0 Å². The molecule has 0 saturated carbocycles. The first-order chi connectivity index (χ1) is 15.2. The lowest BCUT2D eigenvalue weighted by Crippen LogP contribution is -2.17. The third kappa shape index (κ3) is 6.99. The second-order valence-corrected chi connectivity index (χ2v) is 7.79. The molecule has 0 radical (unpaired) electrons. The van der Waals surface area contributed by atoms with Crippen LogP contribution in [0.5, 0.6) is 5.75 Å². The first kappa shape index (κ1) is 22.6. The maximum Gasteiger partial charge on any atom is 0.360 e. The van der Waals surface area contributed by atoms with E-state index in [1.165, 1.54) is 44.9 Å². The topological polar surface area (TPSA) is 68.5 Å². The number of carbonyl (C=O) groups is 1. The molecule has 0 unspecified atom stereocenters. The zero-order valence-corrected chi connectivity index (χ0v) is 18.2. The van der Waals surface area contributed by atoms with Gasteiger partial charge < -0.3 is 14.5 Å². The van der Waals surface area contributed by atoms with Gasteiger partial charge in [0.15, 0.2) is 0 Å². The van der Waals surface area contributed by atoms with Crippen LogP contribution in [-0.2, 0) is 0 Å². The van der Waals surface area contributed by atoms with Gasteiger partial charge in [0.25, 0.3) is 5.91 Å². The molecule has 0 aliphatic carbocycles. The van der Waals surface area contributed by atoms with Gasteiger partial charge in [-0.3, -0.25) is 4.79 Å². The molecule has 1 heterocycles. The Morgan fingerprint density at radius 1 is 0.903 bits per heavy atom. The van der Waals surface area contributed by atoms with Gasteiger partial charge in [0.05, 0.1) is 6.61 Å². The van der Waals surface area contributed by atoms with Crippen molar-refractivity contribution in [1.82, 2.24) is 0 Å². The van der Waals surface area contributed by atoms with Gasteiger partial charge in [-0.1, -0.05) is 70.1 Å². The molecule has 5 heteroatoms. The van der Waals surface area contributed by atoms with Gasteiger partial charge in [-0.25, -0.2) is 4.79 Å². The highest BCUT2D eigenvalue weighted by molar-refractivity contribution is 6.04. The number of hydrogen-bond acceptors (Lipinski definition) is 4. The summed E-state index contributed by atoms with van der Waals surface area (Å²) in [7, 11) is 0. The van der Waals surface area contributed by atoms with Gasteiger partial charge in [-0.05, 0) is 42.8 Å². The molecule has 0 aliphatic heterocycles. The first-order valence-corrected chi connectivity index (χ1v) is 11.2. The van der Waals surface area contributed by atoms with Crippen molar-refractivity contribution in [2.75, 3.05) is 11.9 Å². The molecule has 5 nitrogen and oxygen atoms in total. The maximum absolute atomic E-state index is 12.5. The molecule has 1 N–H and O–H groups in total. The standard InChI is InChI=1S/C26H31NO4/c1-2-3-4-5-6-7-8-11-18-30-22-16-14-20(15-17-22)25(28)27-23-19-21-12-9-10-13-24(21)31-26(23)29/h9-10,12-17,19H,2-8,11,18H2,1H3,(H,27,28). The maximum atomic E-state index is 12.5. The summed E-state index contributed by atoms with van der Waals surface area (Å²) in [6.07, 6.45) is 10.1. The van der Waals surface area contributed by atoms with Crippen molar-refractivity contribution >= 4 is 22.6 Å². The Labute approximate surface area is 183 Å². The summed E-state index contributed by atoms with van der Waals surface area (Å²) in [5.41, 5.74) is 0.492. The van der Waals surface area contributed by atoms with Crippen LogP contribution in [0.3, 0.4) is 0 Å².